The molecule has 3 aromatic rings. The van der Waals surface area contributed by atoms with Gasteiger partial charge in [0.1, 0.15) is 17.3 Å². The topological polar surface area (TPSA) is 68.2 Å². The summed E-state index contributed by atoms with van der Waals surface area (Å²) in [7, 11) is 0. The van der Waals surface area contributed by atoms with Gasteiger partial charge in [0.15, 0.2) is 5.82 Å². The predicted octanol–water partition coefficient (Wildman–Crippen LogP) is 4.69. The first-order chi connectivity index (χ1) is 15.1. The van der Waals surface area contributed by atoms with Crippen LogP contribution in [0.1, 0.15) is 41.7 Å². The van der Waals surface area contributed by atoms with Crippen molar-refractivity contribution in [3.8, 4) is 11.4 Å². The molecule has 170 valence electrons. The van der Waals surface area contributed by atoms with Crippen molar-refractivity contribution >= 4 is 24.0 Å². The number of hydrogen-bond donors (Lipinski definition) is 2. The van der Waals surface area contributed by atoms with E-state index in [1.807, 2.05) is 6.92 Å². The summed E-state index contributed by atoms with van der Waals surface area (Å²) in [6.45, 7) is 4.05. The molecule has 2 aromatic carbocycles. The Morgan fingerprint density at radius 3 is 2.56 bits per heavy atom. The van der Waals surface area contributed by atoms with Crippen molar-refractivity contribution in [2.24, 2.45) is 0 Å². The quantitative estimate of drug-likeness (QED) is 0.557. The summed E-state index contributed by atoms with van der Waals surface area (Å²) >= 11 is 0. The molecule has 0 saturated carbocycles. The molecule has 0 atom stereocenters. The first-order valence-corrected chi connectivity index (χ1v) is 10.3. The maximum atomic E-state index is 14.5. The van der Waals surface area contributed by atoms with Crippen LogP contribution in [0.15, 0.2) is 48.7 Å². The van der Waals surface area contributed by atoms with Crippen molar-refractivity contribution in [1.29, 1.82) is 0 Å². The average Bonchev–Trinajstić information content (AvgIpc) is 3.21. The van der Waals surface area contributed by atoms with Gasteiger partial charge in [-0.1, -0.05) is 0 Å². The van der Waals surface area contributed by atoms with Gasteiger partial charge in [0.25, 0.3) is 5.91 Å². The van der Waals surface area contributed by atoms with Crippen LogP contribution in [0.4, 0.5) is 14.5 Å². The number of nitrogens with one attached hydrogen (secondary N) is 2. The van der Waals surface area contributed by atoms with Crippen molar-refractivity contribution in [3.63, 3.8) is 0 Å². The van der Waals surface area contributed by atoms with Gasteiger partial charge < -0.3 is 15.4 Å². The number of anilines is 1. The third kappa shape index (κ3) is 5.08. The molecule has 9 heteroatoms. The number of benzene rings is 2. The first kappa shape index (κ1) is 23.7. The highest BCUT2D eigenvalue weighted by Crippen LogP contribution is 2.31. The van der Waals surface area contributed by atoms with Gasteiger partial charge in [-0.15, -0.1) is 12.4 Å². The van der Waals surface area contributed by atoms with Gasteiger partial charge in [0.05, 0.1) is 24.1 Å². The number of amides is 1. The Morgan fingerprint density at radius 1 is 1.19 bits per heavy atom. The monoisotopic (exact) mass is 462 g/mol. The van der Waals surface area contributed by atoms with Crippen LogP contribution in [0.2, 0.25) is 0 Å². The van der Waals surface area contributed by atoms with E-state index in [1.54, 1.807) is 24.3 Å². The Hall–Kier alpha value is -2.97. The number of carbonyl (C=O) groups excluding carboxylic acids is 1. The minimum absolute atomic E-state index is 0. The van der Waals surface area contributed by atoms with Gasteiger partial charge >= 0.3 is 0 Å². The van der Waals surface area contributed by atoms with Gasteiger partial charge in [-0.05, 0) is 69.3 Å². The summed E-state index contributed by atoms with van der Waals surface area (Å²) in [6, 6.07) is 10.4. The van der Waals surface area contributed by atoms with E-state index in [4.69, 9.17) is 4.74 Å². The molecule has 0 radical (unpaired) electrons. The van der Waals surface area contributed by atoms with Crippen molar-refractivity contribution in [2.75, 3.05) is 25.0 Å². The number of halogens is 3. The lowest BCUT2D eigenvalue weighted by atomic mass is 9.91. The highest BCUT2D eigenvalue weighted by molar-refractivity contribution is 6.05. The van der Waals surface area contributed by atoms with E-state index in [-0.39, 0.29) is 29.9 Å². The van der Waals surface area contributed by atoms with Crippen LogP contribution in [-0.2, 0) is 0 Å². The molecule has 2 heterocycles. The molecule has 0 unspecified atom stereocenters. The lowest BCUT2D eigenvalue weighted by Crippen LogP contribution is -2.29. The molecule has 1 aliphatic heterocycles. The second-order valence-corrected chi connectivity index (χ2v) is 7.39. The second-order valence-electron chi connectivity index (χ2n) is 7.39. The summed E-state index contributed by atoms with van der Waals surface area (Å²) in [5, 5.41) is 10.5. The zero-order valence-electron chi connectivity index (χ0n) is 17.6. The fourth-order valence-electron chi connectivity index (χ4n) is 3.87. The predicted molar refractivity (Wildman–Crippen MR) is 121 cm³/mol. The number of hydrogen-bond acceptors (Lipinski definition) is 4. The van der Waals surface area contributed by atoms with Crippen molar-refractivity contribution < 1.29 is 18.3 Å². The summed E-state index contributed by atoms with van der Waals surface area (Å²) < 4.78 is 34.8. The van der Waals surface area contributed by atoms with Crippen LogP contribution >= 0.6 is 12.4 Å². The van der Waals surface area contributed by atoms with Crippen LogP contribution in [0.5, 0.6) is 5.75 Å². The molecule has 0 spiro atoms. The summed E-state index contributed by atoms with van der Waals surface area (Å²) in [5.74, 6) is -0.974. The Balaban J connectivity index is 0.00000289. The SMILES string of the molecule is CCOc1ccc(NC(=O)c2cnn(-c3ccc(F)cc3F)c2C2CCNCC2)cc1.Cl. The van der Waals surface area contributed by atoms with Gasteiger partial charge in [0, 0.05) is 17.7 Å². The summed E-state index contributed by atoms with van der Waals surface area (Å²) in [4.78, 5) is 13.1. The molecule has 0 aliphatic carbocycles. The molecule has 0 bridgehead atoms. The maximum absolute atomic E-state index is 14.5. The number of ether oxygens (including phenoxy) is 1. The number of carbonyl (C=O) groups is 1. The largest absolute Gasteiger partial charge is 0.494 e. The minimum atomic E-state index is -0.725. The summed E-state index contributed by atoms with van der Waals surface area (Å²) in [5.41, 5.74) is 1.75. The van der Waals surface area contributed by atoms with E-state index in [0.29, 0.717) is 23.6 Å². The van der Waals surface area contributed by atoms with E-state index >= 15 is 0 Å². The van der Waals surface area contributed by atoms with Gasteiger partial charge in [-0.25, -0.2) is 13.5 Å². The molecule has 1 saturated heterocycles. The third-order valence-corrected chi connectivity index (χ3v) is 5.34. The van der Waals surface area contributed by atoms with Crippen LogP contribution in [0.3, 0.4) is 0 Å². The molecular formula is C23H25ClF2N4O2. The van der Waals surface area contributed by atoms with Crippen LogP contribution in [0, 0.1) is 11.6 Å². The summed E-state index contributed by atoms with van der Waals surface area (Å²) in [6.07, 6.45) is 3.03. The van der Waals surface area contributed by atoms with E-state index in [0.717, 1.165) is 37.7 Å². The van der Waals surface area contributed by atoms with E-state index in [2.05, 4.69) is 15.7 Å². The van der Waals surface area contributed by atoms with Crippen molar-refractivity contribution in [3.05, 3.63) is 71.6 Å². The van der Waals surface area contributed by atoms with Crippen LogP contribution in [-0.4, -0.2) is 35.4 Å². The molecule has 1 fully saturated rings. The molecule has 6 nitrogen and oxygen atoms in total. The zero-order valence-corrected chi connectivity index (χ0v) is 18.4. The lowest BCUT2D eigenvalue weighted by molar-refractivity contribution is 0.102. The molecule has 4 rings (SSSR count). The number of piperidine rings is 1. The fraction of sp³-hybridized carbons (Fsp3) is 0.304. The highest BCUT2D eigenvalue weighted by Gasteiger charge is 2.28. The van der Waals surface area contributed by atoms with Gasteiger partial charge in [-0.2, -0.15) is 5.10 Å². The lowest BCUT2D eigenvalue weighted by Gasteiger charge is -2.24. The highest BCUT2D eigenvalue weighted by atomic mass is 35.5. The third-order valence-electron chi connectivity index (χ3n) is 5.34. The smallest absolute Gasteiger partial charge is 0.259 e. The second kappa shape index (κ2) is 10.6. The normalized spacial score (nSPS) is 14.0. The van der Waals surface area contributed by atoms with Crippen molar-refractivity contribution in [1.82, 2.24) is 15.1 Å². The minimum Gasteiger partial charge on any atom is -0.494 e. The van der Waals surface area contributed by atoms with E-state index in [1.165, 1.54) is 23.0 Å². The Labute approximate surface area is 191 Å². The van der Waals surface area contributed by atoms with Gasteiger partial charge in [0.2, 0.25) is 0 Å². The van der Waals surface area contributed by atoms with Crippen molar-refractivity contribution in [2.45, 2.75) is 25.7 Å². The standard InChI is InChI=1S/C23H24F2N4O2.ClH/c1-2-31-18-6-4-17(5-7-18)28-23(30)19-14-27-29(21-8-3-16(24)13-20(21)25)22(19)15-9-11-26-12-10-15;/h3-8,13-15,26H,2,9-12H2,1H3,(H,28,30);1H. The first-order valence-electron chi connectivity index (χ1n) is 10.3. The van der Waals surface area contributed by atoms with E-state index in [9.17, 15) is 13.6 Å². The molecule has 1 aromatic heterocycles. The number of aromatic nitrogens is 2. The molecule has 2 N–H and O–H groups in total. The molecular weight excluding hydrogens is 438 g/mol. The Kier molecular flexibility index (Phi) is 7.82. The zero-order chi connectivity index (χ0) is 21.8. The Morgan fingerprint density at radius 2 is 1.91 bits per heavy atom. The van der Waals surface area contributed by atoms with Crippen LogP contribution in [0.25, 0.3) is 5.69 Å². The molecule has 1 aliphatic rings. The number of nitrogens with zero attached hydrogens (tertiary/aromatic N) is 2. The number of rotatable bonds is 6. The van der Waals surface area contributed by atoms with E-state index < -0.39 is 11.6 Å². The Bertz CT molecular complexity index is 1070. The molecule has 32 heavy (non-hydrogen) atoms. The average molecular weight is 463 g/mol. The van der Waals surface area contributed by atoms with Crippen LogP contribution < -0.4 is 15.4 Å². The van der Waals surface area contributed by atoms with Gasteiger partial charge in [-0.3, -0.25) is 4.79 Å². The maximum Gasteiger partial charge on any atom is 0.259 e. The molecule has 1 amide bonds. The fourth-order valence-corrected chi connectivity index (χ4v) is 3.87.